The van der Waals surface area contributed by atoms with Crippen molar-refractivity contribution in [2.24, 2.45) is 0 Å². The first kappa shape index (κ1) is 12.4. The van der Waals surface area contributed by atoms with E-state index in [1.54, 1.807) is 12.1 Å². The van der Waals surface area contributed by atoms with Gasteiger partial charge >= 0.3 is 0 Å². The lowest BCUT2D eigenvalue weighted by atomic mass is 9.89. The van der Waals surface area contributed by atoms with Crippen LogP contribution in [0.1, 0.15) is 26.7 Å². The van der Waals surface area contributed by atoms with E-state index in [4.69, 9.17) is 11.6 Å². The van der Waals surface area contributed by atoms with E-state index >= 15 is 0 Å². The minimum Gasteiger partial charge on any atom is -0.365 e. The number of benzene rings is 1. The van der Waals surface area contributed by atoms with Gasteiger partial charge in [-0.1, -0.05) is 11.6 Å². The molecular formula is C13H15ClFNO. The van der Waals surface area contributed by atoms with Crippen LogP contribution in [0.25, 0.3) is 0 Å². The van der Waals surface area contributed by atoms with Crippen molar-refractivity contribution in [1.82, 2.24) is 0 Å². The van der Waals surface area contributed by atoms with E-state index in [0.29, 0.717) is 19.4 Å². The van der Waals surface area contributed by atoms with Crippen molar-refractivity contribution in [1.29, 1.82) is 0 Å². The molecule has 0 radical (unpaired) electrons. The summed E-state index contributed by atoms with van der Waals surface area (Å²) in [4.78, 5) is 13.6. The first-order valence-corrected chi connectivity index (χ1v) is 6.02. The molecule has 0 saturated carbocycles. The van der Waals surface area contributed by atoms with Crippen LogP contribution in [0, 0.1) is 5.82 Å². The average molecular weight is 256 g/mol. The minimum atomic E-state index is -0.415. The van der Waals surface area contributed by atoms with Crippen molar-refractivity contribution < 1.29 is 9.18 Å². The van der Waals surface area contributed by atoms with Gasteiger partial charge in [-0.25, -0.2) is 4.39 Å². The highest BCUT2D eigenvalue weighted by Gasteiger charge is 2.34. The van der Waals surface area contributed by atoms with E-state index in [2.05, 4.69) is 4.90 Å². The summed E-state index contributed by atoms with van der Waals surface area (Å²) < 4.78 is 13.1. The number of anilines is 1. The molecule has 1 saturated heterocycles. The molecule has 0 amide bonds. The van der Waals surface area contributed by atoms with Gasteiger partial charge in [-0.3, -0.25) is 4.79 Å². The molecule has 1 fully saturated rings. The molecule has 92 valence electrons. The van der Waals surface area contributed by atoms with Crippen LogP contribution in [0.4, 0.5) is 10.1 Å². The molecule has 2 nitrogen and oxygen atoms in total. The first-order chi connectivity index (χ1) is 7.90. The molecule has 0 aliphatic carbocycles. The third kappa shape index (κ3) is 2.44. The third-order valence-electron chi connectivity index (χ3n) is 3.19. The van der Waals surface area contributed by atoms with Gasteiger partial charge in [-0.2, -0.15) is 0 Å². The van der Waals surface area contributed by atoms with Gasteiger partial charge in [0, 0.05) is 30.6 Å². The van der Waals surface area contributed by atoms with Gasteiger partial charge in [0.1, 0.15) is 11.6 Å². The lowest BCUT2D eigenvalue weighted by Crippen LogP contribution is -2.50. The molecule has 17 heavy (non-hydrogen) atoms. The maximum atomic E-state index is 13.1. The maximum absolute atomic E-state index is 13.1. The number of carbonyl (C=O) groups excluding carboxylic acids is 1. The largest absolute Gasteiger partial charge is 0.365 e. The van der Waals surface area contributed by atoms with Gasteiger partial charge in [0.2, 0.25) is 0 Å². The number of piperidine rings is 1. The summed E-state index contributed by atoms with van der Waals surface area (Å²) in [5.41, 5.74) is 0.630. The van der Waals surface area contributed by atoms with Crippen LogP contribution < -0.4 is 4.90 Å². The fourth-order valence-electron chi connectivity index (χ4n) is 2.34. The summed E-state index contributed by atoms with van der Waals surface area (Å²) in [6.45, 7) is 4.69. The molecule has 1 aliphatic heterocycles. The van der Waals surface area contributed by atoms with Gasteiger partial charge in [0.25, 0.3) is 0 Å². The Kier molecular flexibility index (Phi) is 3.13. The molecule has 1 heterocycles. The van der Waals surface area contributed by atoms with Gasteiger partial charge in [-0.15, -0.1) is 0 Å². The molecule has 0 spiro atoms. The molecular weight excluding hydrogens is 241 g/mol. The van der Waals surface area contributed by atoms with Crippen molar-refractivity contribution >= 4 is 23.1 Å². The summed E-state index contributed by atoms with van der Waals surface area (Å²) >= 11 is 5.79. The minimum absolute atomic E-state index is 0.121. The van der Waals surface area contributed by atoms with E-state index in [0.717, 1.165) is 5.69 Å². The van der Waals surface area contributed by atoms with E-state index in [-0.39, 0.29) is 16.3 Å². The molecule has 2 rings (SSSR count). The summed E-state index contributed by atoms with van der Waals surface area (Å²) in [5, 5.41) is 0.121. The van der Waals surface area contributed by atoms with Crippen LogP contribution in [-0.2, 0) is 4.79 Å². The molecule has 1 aromatic carbocycles. The number of ketones is 1. The van der Waals surface area contributed by atoms with Crippen LogP contribution in [0.5, 0.6) is 0 Å². The second-order valence-electron chi connectivity index (χ2n) is 5.03. The van der Waals surface area contributed by atoms with Gasteiger partial charge in [-0.05, 0) is 32.0 Å². The number of nitrogens with zero attached hydrogens (tertiary/aromatic N) is 1. The lowest BCUT2D eigenvalue weighted by molar-refractivity contribution is -0.121. The van der Waals surface area contributed by atoms with Crippen LogP contribution in [0.3, 0.4) is 0 Å². The molecule has 0 aromatic heterocycles. The molecule has 4 heteroatoms. The Labute approximate surface area is 105 Å². The topological polar surface area (TPSA) is 20.3 Å². The number of carbonyl (C=O) groups is 1. The summed E-state index contributed by atoms with van der Waals surface area (Å²) in [6.07, 6.45) is 1.06. The fourth-order valence-corrected chi connectivity index (χ4v) is 2.51. The molecule has 0 bridgehead atoms. The highest BCUT2D eigenvalue weighted by atomic mass is 35.5. The summed E-state index contributed by atoms with van der Waals surface area (Å²) in [7, 11) is 0. The molecule has 1 aliphatic rings. The fraction of sp³-hybridized carbons (Fsp3) is 0.462. The maximum Gasteiger partial charge on any atom is 0.141 e. The van der Waals surface area contributed by atoms with Crippen molar-refractivity contribution in [3.63, 3.8) is 0 Å². The van der Waals surface area contributed by atoms with E-state index in [9.17, 15) is 9.18 Å². The zero-order valence-corrected chi connectivity index (χ0v) is 10.7. The average Bonchev–Trinajstić information content (AvgIpc) is 2.21. The Hall–Kier alpha value is -1.09. The molecule has 0 N–H and O–H groups in total. The monoisotopic (exact) mass is 255 g/mol. The van der Waals surface area contributed by atoms with E-state index < -0.39 is 5.82 Å². The summed E-state index contributed by atoms with van der Waals surface area (Å²) in [5.74, 6) is -0.138. The van der Waals surface area contributed by atoms with Crippen LogP contribution in [0.15, 0.2) is 18.2 Å². The molecule has 1 aromatic rings. The smallest absolute Gasteiger partial charge is 0.141 e. The highest BCUT2D eigenvalue weighted by Crippen LogP contribution is 2.32. The third-order valence-corrected chi connectivity index (χ3v) is 3.48. The van der Waals surface area contributed by atoms with Crippen molar-refractivity contribution in [2.75, 3.05) is 11.4 Å². The first-order valence-electron chi connectivity index (χ1n) is 5.64. The normalized spacial score (nSPS) is 19.5. The molecule has 0 atom stereocenters. The highest BCUT2D eigenvalue weighted by molar-refractivity contribution is 6.31. The Morgan fingerprint density at radius 2 is 2.12 bits per heavy atom. The Morgan fingerprint density at radius 3 is 2.71 bits per heavy atom. The lowest BCUT2D eigenvalue weighted by Gasteiger charge is -2.43. The zero-order chi connectivity index (χ0) is 12.6. The Balaban J connectivity index is 2.32. The van der Waals surface area contributed by atoms with Crippen LogP contribution in [-0.4, -0.2) is 17.9 Å². The Morgan fingerprint density at radius 1 is 1.41 bits per heavy atom. The SMILES string of the molecule is CC1(C)CC(=O)CCN1c1ccc(F)c(Cl)c1. The van der Waals surface area contributed by atoms with Crippen LogP contribution >= 0.6 is 11.6 Å². The van der Waals surface area contributed by atoms with Gasteiger partial charge in [0.15, 0.2) is 0 Å². The number of halogens is 2. The predicted molar refractivity (Wildman–Crippen MR) is 67.1 cm³/mol. The van der Waals surface area contributed by atoms with E-state index in [1.807, 2.05) is 13.8 Å². The summed E-state index contributed by atoms with van der Waals surface area (Å²) in [6, 6.07) is 4.69. The van der Waals surface area contributed by atoms with Gasteiger partial charge in [0.05, 0.1) is 5.02 Å². The number of hydrogen-bond donors (Lipinski definition) is 0. The Bertz CT molecular complexity index is 459. The van der Waals surface area contributed by atoms with Crippen molar-refractivity contribution in [3.05, 3.63) is 29.0 Å². The number of hydrogen-bond acceptors (Lipinski definition) is 2. The number of Topliss-reactive ketones (excluding diaryl/α,β-unsaturated/α-hetero) is 1. The number of rotatable bonds is 1. The molecule has 0 unspecified atom stereocenters. The zero-order valence-electron chi connectivity index (χ0n) is 9.96. The second kappa shape index (κ2) is 4.30. The van der Waals surface area contributed by atoms with E-state index in [1.165, 1.54) is 6.07 Å². The quantitative estimate of drug-likeness (QED) is 0.766. The standard InChI is InChI=1S/C13H15ClFNO/c1-13(2)8-10(17)5-6-16(13)9-3-4-12(15)11(14)7-9/h3-4,7H,5-6,8H2,1-2H3. The second-order valence-corrected chi connectivity index (χ2v) is 5.44. The van der Waals surface area contributed by atoms with Crippen molar-refractivity contribution in [2.45, 2.75) is 32.2 Å². The predicted octanol–water partition coefficient (Wildman–Crippen LogP) is 3.43. The van der Waals surface area contributed by atoms with Gasteiger partial charge < -0.3 is 4.90 Å². The van der Waals surface area contributed by atoms with Crippen LogP contribution in [0.2, 0.25) is 5.02 Å². The van der Waals surface area contributed by atoms with Crippen molar-refractivity contribution in [3.8, 4) is 0 Å².